The van der Waals surface area contributed by atoms with E-state index in [0.717, 1.165) is 10.9 Å². The standard InChI is InChI=1S/C21H20Cl2N2O4/c1-4-24-21(27)29-12(3)17-11(2)28-19-13(17)7-5-10-16(19)25-20(26)18-14(22)8-6-9-15(18)23/h5-10,12H,4H2,1-3H3,(H,24,27)(H,25,26). The summed E-state index contributed by atoms with van der Waals surface area (Å²) in [4.78, 5) is 24.5. The Labute approximate surface area is 178 Å². The Morgan fingerprint density at radius 1 is 1.14 bits per heavy atom. The van der Waals surface area contributed by atoms with Crippen molar-refractivity contribution in [1.29, 1.82) is 0 Å². The van der Waals surface area contributed by atoms with E-state index in [1.807, 2.05) is 13.0 Å². The van der Waals surface area contributed by atoms with Gasteiger partial charge in [-0.15, -0.1) is 0 Å². The van der Waals surface area contributed by atoms with Crippen LogP contribution in [0.15, 0.2) is 40.8 Å². The molecule has 0 aliphatic rings. The molecule has 152 valence electrons. The maximum Gasteiger partial charge on any atom is 0.407 e. The average molecular weight is 435 g/mol. The zero-order chi connectivity index (χ0) is 21.1. The van der Waals surface area contributed by atoms with Gasteiger partial charge >= 0.3 is 6.09 Å². The van der Waals surface area contributed by atoms with E-state index in [-0.39, 0.29) is 15.6 Å². The highest BCUT2D eigenvalue weighted by Crippen LogP contribution is 2.36. The van der Waals surface area contributed by atoms with E-state index >= 15 is 0 Å². The second-order valence-electron chi connectivity index (χ2n) is 6.38. The third kappa shape index (κ3) is 4.33. The molecule has 3 rings (SSSR count). The van der Waals surface area contributed by atoms with Gasteiger partial charge in [0.1, 0.15) is 11.9 Å². The van der Waals surface area contributed by atoms with E-state index in [1.165, 1.54) is 0 Å². The van der Waals surface area contributed by atoms with Gasteiger partial charge in [-0.05, 0) is 39.0 Å². The highest BCUT2D eigenvalue weighted by Gasteiger charge is 2.23. The van der Waals surface area contributed by atoms with Crippen LogP contribution in [0.5, 0.6) is 0 Å². The molecule has 1 aromatic heterocycles. The van der Waals surface area contributed by atoms with Crippen LogP contribution in [-0.2, 0) is 4.74 Å². The molecule has 3 aromatic rings. The molecule has 0 spiro atoms. The molecular weight excluding hydrogens is 415 g/mol. The van der Waals surface area contributed by atoms with E-state index in [9.17, 15) is 9.59 Å². The lowest BCUT2D eigenvalue weighted by Crippen LogP contribution is -2.24. The minimum absolute atomic E-state index is 0.185. The first kappa shape index (κ1) is 21.0. The van der Waals surface area contributed by atoms with Crippen molar-refractivity contribution in [3.05, 3.63) is 63.3 Å². The molecule has 0 saturated carbocycles. The van der Waals surface area contributed by atoms with Crippen molar-refractivity contribution in [3.8, 4) is 0 Å². The smallest absolute Gasteiger partial charge is 0.407 e. The van der Waals surface area contributed by atoms with Crippen LogP contribution < -0.4 is 10.6 Å². The first-order chi connectivity index (χ1) is 13.8. The second kappa shape index (κ2) is 8.76. The number of rotatable bonds is 5. The third-order valence-electron chi connectivity index (χ3n) is 4.39. The monoisotopic (exact) mass is 434 g/mol. The topological polar surface area (TPSA) is 80.6 Å². The first-order valence-electron chi connectivity index (χ1n) is 9.05. The Morgan fingerprint density at radius 3 is 2.45 bits per heavy atom. The largest absolute Gasteiger partial charge is 0.459 e. The molecule has 1 unspecified atom stereocenters. The quantitative estimate of drug-likeness (QED) is 0.507. The van der Waals surface area contributed by atoms with Gasteiger partial charge < -0.3 is 19.8 Å². The highest BCUT2D eigenvalue weighted by atomic mass is 35.5. The molecule has 0 saturated heterocycles. The van der Waals surface area contributed by atoms with E-state index in [1.54, 1.807) is 44.2 Å². The molecule has 0 bridgehead atoms. The summed E-state index contributed by atoms with van der Waals surface area (Å²) in [5, 5.41) is 6.64. The van der Waals surface area contributed by atoms with Crippen molar-refractivity contribution in [3.63, 3.8) is 0 Å². The molecule has 0 aliphatic heterocycles. The summed E-state index contributed by atoms with van der Waals surface area (Å²) in [6.07, 6.45) is -1.04. The number of carbonyl (C=O) groups is 2. The second-order valence-corrected chi connectivity index (χ2v) is 7.20. The predicted octanol–water partition coefficient (Wildman–Crippen LogP) is 6.11. The maximum atomic E-state index is 12.7. The van der Waals surface area contributed by atoms with Gasteiger partial charge in [0.2, 0.25) is 0 Å². The highest BCUT2D eigenvalue weighted by molar-refractivity contribution is 6.40. The summed E-state index contributed by atoms with van der Waals surface area (Å²) in [6, 6.07) is 10.2. The summed E-state index contributed by atoms with van der Waals surface area (Å²) in [6.45, 7) is 5.83. The lowest BCUT2D eigenvalue weighted by atomic mass is 10.1. The number of amides is 2. The van der Waals surface area contributed by atoms with Gasteiger partial charge in [0, 0.05) is 17.5 Å². The van der Waals surface area contributed by atoms with Gasteiger partial charge in [-0.3, -0.25) is 4.79 Å². The van der Waals surface area contributed by atoms with Gasteiger partial charge in [0.25, 0.3) is 5.91 Å². The fourth-order valence-electron chi connectivity index (χ4n) is 3.17. The number of anilines is 1. The third-order valence-corrected chi connectivity index (χ3v) is 5.02. The molecule has 6 nitrogen and oxygen atoms in total. The van der Waals surface area contributed by atoms with Gasteiger partial charge in [0.05, 0.1) is 21.3 Å². The summed E-state index contributed by atoms with van der Waals surface area (Å²) < 4.78 is 11.3. The SMILES string of the molecule is CCNC(=O)OC(C)c1c(C)oc2c(NC(=O)c3c(Cl)cccc3Cl)cccc12. The minimum atomic E-state index is -0.535. The number of fused-ring (bicyclic) bond motifs is 1. The Kier molecular flexibility index (Phi) is 6.35. The van der Waals surface area contributed by atoms with Crippen LogP contribution in [0, 0.1) is 6.92 Å². The molecule has 29 heavy (non-hydrogen) atoms. The zero-order valence-corrected chi connectivity index (χ0v) is 17.6. The van der Waals surface area contributed by atoms with Crippen LogP contribution in [0.1, 0.15) is 41.6 Å². The van der Waals surface area contributed by atoms with Gasteiger partial charge in [-0.2, -0.15) is 0 Å². The van der Waals surface area contributed by atoms with Crippen molar-refractivity contribution < 1.29 is 18.7 Å². The van der Waals surface area contributed by atoms with Crippen molar-refractivity contribution in [1.82, 2.24) is 5.32 Å². The molecule has 2 aromatic carbocycles. The van der Waals surface area contributed by atoms with Crippen molar-refractivity contribution in [2.24, 2.45) is 0 Å². The van der Waals surface area contributed by atoms with Crippen molar-refractivity contribution >= 4 is 51.9 Å². The zero-order valence-electron chi connectivity index (χ0n) is 16.1. The molecule has 0 fully saturated rings. The molecule has 0 aliphatic carbocycles. The van der Waals surface area contributed by atoms with Crippen LogP contribution in [-0.4, -0.2) is 18.5 Å². The lowest BCUT2D eigenvalue weighted by molar-refractivity contribution is 0.102. The lowest BCUT2D eigenvalue weighted by Gasteiger charge is -2.13. The number of furan rings is 1. The van der Waals surface area contributed by atoms with Gasteiger partial charge in [0.15, 0.2) is 5.58 Å². The van der Waals surface area contributed by atoms with Crippen LogP contribution >= 0.6 is 23.2 Å². The number of alkyl carbamates (subject to hydrolysis) is 1. The summed E-state index contributed by atoms with van der Waals surface area (Å²) >= 11 is 12.3. The summed E-state index contributed by atoms with van der Waals surface area (Å²) in [5.74, 6) is 0.143. The molecular formula is C21H20Cl2N2O4. The minimum Gasteiger partial charge on any atom is -0.459 e. The fraction of sp³-hybridized carbons (Fsp3) is 0.238. The van der Waals surface area contributed by atoms with Gasteiger partial charge in [-0.25, -0.2) is 4.79 Å². The van der Waals surface area contributed by atoms with E-state index in [4.69, 9.17) is 32.4 Å². The van der Waals surface area contributed by atoms with Crippen molar-refractivity contribution in [2.45, 2.75) is 26.9 Å². The Morgan fingerprint density at radius 2 is 1.79 bits per heavy atom. The number of benzene rings is 2. The van der Waals surface area contributed by atoms with Crippen LogP contribution in [0.2, 0.25) is 10.0 Å². The molecule has 2 amide bonds. The number of aryl methyl sites for hydroxylation is 1. The molecule has 8 heteroatoms. The number of carbonyl (C=O) groups excluding carboxylic acids is 2. The number of ether oxygens (including phenoxy) is 1. The Hall–Kier alpha value is -2.70. The van der Waals surface area contributed by atoms with Crippen molar-refractivity contribution in [2.75, 3.05) is 11.9 Å². The number of hydrogen-bond donors (Lipinski definition) is 2. The number of para-hydroxylation sites is 1. The Balaban J connectivity index is 1.95. The molecule has 1 atom stereocenters. The molecule has 2 N–H and O–H groups in total. The predicted molar refractivity (Wildman–Crippen MR) is 114 cm³/mol. The average Bonchev–Trinajstić information content (AvgIpc) is 2.98. The molecule has 1 heterocycles. The first-order valence-corrected chi connectivity index (χ1v) is 9.80. The van der Waals surface area contributed by atoms with Crippen LogP contribution in [0.4, 0.5) is 10.5 Å². The number of hydrogen-bond acceptors (Lipinski definition) is 4. The summed E-state index contributed by atoms with van der Waals surface area (Å²) in [7, 11) is 0. The van der Waals surface area contributed by atoms with Gasteiger partial charge in [-0.1, -0.05) is 41.4 Å². The number of nitrogens with one attached hydrogen (secondary N) is 2. The molecule has 0 radical (unpaired) electrons. The van der Waals surface area contributed by atoms with E-state index < -0.39 is 18.1 Å². The fourth-order valence-corrected chi connectivity index (χ4v) is 3.73. The Bertz CT molecular complexity index is 1060. The van der Waals surface area contributed by atoms with Crippen LogP contribution in [0.25, 0.3) is 11.0 Å². The van der Waals surface area contributed by atoms with E-state index in [2.05, 4.69) is 10.6 Å². The number of halogens is 2. The maximum absolute atomic E-state index is 12.7. The summed E-state index contributed by atoms with van der Waals surface area (Å²) in [5.41, 5.74) is 1.85. The van der Waals surface area contributed by atoms with E-state index in [0.29, 0.717) is 23.6 Å². The normalized spacial score (nSPS) is 11.9. The van der Waals surface area contributed by atoms with Crippen LogP contribution in [0.3, 0.4) is 0 Å².